The summed E-state index contributed by atoms with van der Waals surface area (Å²) in [4.78, 5) is 60.2. The van der Waals surface area contributed by atoms with Gasteiger partial charge in [-0.3, -0.25) is 33.6 Å². The zero-order valence-electron chi connectivity index (χ0n) is 21.4. The Morgan fingerprint density at radius 3 is 2.24 bits per heavy atom. The normalized spacial score (nSPS) is 20.3. The van der Waals surface area contributed by atoms with Crippen LogP contribution in [0.2, 0.25) is 0 Å². The van der Waals surface area contributed by atoms with Crippen molar-refractivity contribution < 1.29 is 58.3 Å². The number of aliphatic carboxylic acids is 3. The summed E-state index contributed by atoms with van der Waals surface area (Å²) in [5.74, 6) is -3.65. The zero-order chi connectivity index (χ0) is 28.9. The molecule has 0 amide bonds. The Morgan fingerprint density at radius 1 is 1.05 bits per heavy atom. The Bertz CT molecular complexity index is 847. The molecule has 0 aromatic rings. The van der Waals surface area contributed by atoms with Gasteiger partial charge in [0.15, 0.2) is 6.23 Å². The predicted octanol–water partition coefficient (Wildman–Crippen LogP) is 0.00630. The molecule has 1 heterocycles. The van der Waals surface area contributed by atoms with E-state index < -0.39 is 69.3 Å². The van der Waals surface area contributed by atoms with Gasteiger partial charge in [0, 0.05) is 32.1 Å². The number of unbranched alkanes of at least 4 members (excludes halogenated alkanes) is 1. The van der Waals surface area contributed by atoms with Gasteiger partial charge in [-0.05, 0) is 32.7 Å². The second kappa shape index (κ2) is 16.6. The van der Waals surface area contributed by atoms with Crippen molar-refractivity contribution >= 4 is 31.7 Å². The lowest BCUT2D eigenvalue weighted by Gasteiger charge is -2.34. The number of ether oxygens (including phenoxy) is 1. The summed E-state index contributed by atoms with van der Waals surface area (Å²) >= 11 is 0. The minimum absolute atomic E-state index is 0.00370. The van der Waals surface area contributed by atoms with Crippen LogP contribution in [0.4, 0.5) is 4.79 Å². The van der Waals surface area contributed by atoms with E-state index in [-0.39, 0.29) is 39.1 Å². The first-order chi connectivity index (χ1) is 17.8. The molecular weight excluding hydrogens is 531 g/mol. The number of likely N-dealkylation sites (tertiary alicyclic amines) is 1. The summed E-state index contributed by atoms with van der Waals surface area (Å²) in [6, 6.07) is -1.71. The van der Waals surface area contributed by atoms with Gasteiger partial charge in [-0.2, -0.15) is 0 Å². The number of carbonyl (C=O) groups is 4. The average Bonchev–Trinajstić information content (AvgIpc) is 3.12. The van der Waals surface area contributed by atoms with E-state index in [2.05, 4.69) is 0 Å². The van der Waals surface area contributed by atoms with E-state index in [0.717, 1.165) is 0 Å². The summed E-state index contributed by atoms with van der Waals surface area (Å²) in [5, 5.41) is 37.5. The molecule has 16 nitrogen and oxygen atoms in total. The summed E-state index contributed by atoms with van der Waals surface area (Å²) in [5.41, 5.74) is 5.47. The largest absolute Gasteiger partial charge is 0.507 e. The van der Waals surface area contributed by atoms with E-state index in [0.29, 0.717) is 25.8 Å². The van der Waals surface area contributed by atoms with Gasteiger partial charge in [-0.15, -0.1) is 0 Å². The molecule has 1 unspecified atom stereocenters. The molecule has 0 radical (unpaired) electrons. The van der Waals surface area contributed by atoms with Gasteiger partial charge in [-0.25, -0.2) is 4.79 Å². The fourth-order valence-electron chi connectivity index (χ4n) is 4.45. The third kappa shape index (κ3) is 12.5. The first-order valence-electron chi connectivity index (χ1n) is 12.2. The highest BCUT2D eigenvalue weighted by Crippen LogP contribution is 2.45. The minimum Gasteiger partial charge on any atom is -0.480 e. The van der Waals surface area contributed by atoms with Gasteiger partial charge in [-0.1, -0.05) is 6.42 Å². The molecule has 0 aliphatic carbocycles. The smallest absolute Gasteiger partial charge is 0.480 e. The van der Waals surface area contributed by atoms with Gasteiger partial charge < -0.3 is 40.3 Å². The Balaban J connectivity index is 3.08. The number of hydrogen-bond acceptors (Lipinski definition) is 11. The lowest BCUT2D eigenvalue weighted by atomic mass is 10.1. The second-order valence-corrected chi connectivity index (χ2v) is 10.7. The van der Waals surface area contributed by atoms with Crippen molar-refractivity contribution in [3.05, 3.63) is 0 Å². The second-order valence-electron chi connectivity index (χ2n) is 8.91. The maximum atomic E-state index is 12.4. The first kappa shape index (κ1) is 33.7. The van der Waals surface area contributed by atoms with E-state index in [9.17, 15) is 44.0 Å². The molecule has 0 bridgehead atoms. The van der Waals surface area contributed by atoms with E-state index in [4.69, 9.17) is 20.1 Å². The Hall–Kier alpha value is -2.33. The lowest BCUT2D eigenvalue weighted by molar-refractivity contribution is -0.147. The van der Waals surface area contributed by atoms with Crippen LogP contribution in [-0.4, -0.2) is 135 Å². The molecule has 220 valence electrons. The molecule has 1 aliphatic heterocycles. The predicted molar refractivity (Wildman–Crippen MR) is 132 cm³/mol. The van der Waals surface area contributed by atoms with Crippen molar-refractivity contribution in [2.24, 2.45) is 5.73 Å². The molecule has 1 rings (SSSR count). The third-order valence-corrected chi connectivity index (χ3v) is 7.37. The molecule has 1 saturated heterocycles. The molecule has 1 fully saturated rings. The number of carboxylic acids is 3. The Labute approximate surface area is 220 Å². The van der Waals surface area contributed by atoms with Crippen molar-refractivity contribution in [3.63, 3.8) is 0 Å². The van der Waals surface area contributed by atoms with Gasteiger partial charge >= 0.3 is 31.7 Å². The van der Waals surface area contributed by atoms with Crippen LogP contribution < -0.4 is 5.73 Å². The molecule has 1 aliphatic rings. The number of nitrogens with two attached hydrogens (primary N) is 1. The monoisotopic (exact) mass is 570 g/mol. The van der Waals surface area contributed by atoms with Crippen LogP contribution in [0.1, 0.15) is 39.0 Å². The van der Waals surface area contributed by atoms with Crippen LogP contribution in [0.3, 0.4) is 0 Å². The molecule has 38 heavy (non-hydrogen) atoms. The molecule has 0 aromatic carbocycles. The highest BCUT2D eigenvalue weighted by atomic mass is 31.2. The number of rotatable bonds is 20. The average molecular weight is 571 g/mol. The van der Waals surface area contributed by atoms with Crippen molar-refractivity contribution in [2.75, 3.05) is 52.2 Å². The standard InChI is InChI=1S/C21H39N4O12P/c1-2-36-38(34,35)14-25-15(6-7-17(25)37-21(32)33)11-23(12-18(26)27)9-10-24(13-19(28)29)16(20(30)31)5-3-4-8-22/h15-17H,2-14,22H2,1H3,(H,26,27)(H,28,29)(H,30,31)(H,32,33)(H,34,35)/t15-,16+,17+/m0/s1. The van der Waals surface area contributed by atoms with Crippen LogP contribution in [0.15, 0.2) is 0 Å². The van der Waals surface area contributed by atoms with Crippen molar-refractivity contribution in [1.82, 2.24) is 14.7 Å². The summed E-state index contributed by atoms with van der Waals surface area (Å²) < 4.78 is 22.2. The van der Waals surface area contributed by atoms with Gasteiger partial charge in [0.1, 0.15) is 12.3 Å². The van der Waals surface area contributed by atoms with E-state index in [1.165, 1.54) is 21.6 Å². The van der Waals surface area contributed by atoms with Gasteiger partial charge in [0.25, 0.3) is 0 Å². The van der Waals surface area contributed by atoms with Crippen LogP contribution >= 0.6 is 7.60 Å². The molecule has 7 N–H and O–H groups in total. The van der Waals surface area contributed by atoms with E-state index in [1.54, 1.807) is 0 Å². The highest BCUT2D eigenvalue weighted by Gasteiger charge is 2.41. The maximum absolute atomic E-state index is 12.4. The molecule has 0 aromatic heterocycles. The summed E-state index contributed by atoms with van der Waals surface area (Å²) in [6.45, 7) is 0.645. The van der Waals surface area contributed by atoms with Crippen LogP contribution in [0, 0.1) is 0 Å². The molecule has 0 saturated carbocycles. The fraction of sp³-hybridized carbons (Fsp3) is 0.810. The SMILES string of the molecule is CCOP(=O)(O)CN1[C@H](CN(CCN(CC(=O)O)[C@H](CCCCN)C(=O)O)CC(=O)O)CC[C@H]1OC(=O)O. The number of carboxylic acid groups (broad SMARTS) is 4. The number of nitrogens with zero attached hydrogens (tertiary/aromatic N) is 3. The van der Waals surface area contributed by atoms with Crippen LogP contribution in [0.5, 0.6) is 0 Å². The first-order valence-corrected chi connectivity index (χ1v) is 14.0. The van der Waals surface area contributed by atoms with Crippen LogP contribution in [-0.2, 0) is 28.2 Å². The topological polar surface area (TPSA) is 241 Å². The minimum atomic E-state index is -4.15. The van der Waals surface area contributed by atoms with E-state index >= 15 is 0 Å². The van der Waals surface area contributed by atoms with Crippen molar-refractivity contribution in [2.45, 2.75) is 57.3 Å². The number of hydrogen-bond donors (Lipinski definition) is 6. The lowest BCUT2D eigenvalue weighted by Crippen LogP contribution is -2.50. The Kier molecular flexibility index (Phi) is 14.7. The van der Waals surface area contributed by atoms with Gasteiger partial charge in [0.2, 0.25) is 0 Å². The summed E-state index contributed by atoms with van der Waals surface area (Å²) in [7, 11) is -4.15. The molecular formula is C21H39N4O12P. The van der Waals surface area contributed by atoms with Crippen molar-refractivity contribution in [1.29, 1.82) is 0 Å². The fourth-order valence-corrected chi connectivity index (χ4v) is 5.76. The maximum Gasteiger partial charge on any atom is 0.507 e. The van der Waals surface area contributed by atoms with Crippen LogP contribution in [0.25, 0.3) is 0 Å². The van der Waals surface area contributed by atoms with E-state index in [1.807, 2.05) is 0 Å². The Morgan fingerprint density at radius 2 is 1.71 bits per heavy atom. The zero-order valence-corrected chi connectivity index (χ0v) is 22.3. The molecule has 4 atom stereocenters. The van der Waals surface area contributed by atoms with Crippen molar-refractivity contribution in [3.8, 4) is 0 Å². The molecule has 17 heteroatoms. The van der Waals surface area contributed by atoms with Gasteiger partial charge in [0.05, 0.1) is 19.7 Å². The highest BCUT2D eigenvalue weighted by molar-refractivity contribution is 7.52. The summed E-state index contributed by atoms with van der Waals surface area (Å²) in [6.07, 6.45) is -1.48. The molecule has 0 spiro atoms. The third-order valence-electron chi connectivity index (χ3n) is 6.02. The quantitative estimate of drug-likeness (QED) is 0.0641.